The van der Waals surface area contributed by atoms with Crippen LogP contribution in [0.25, 0.3) is 10.2 Å². The molecule has 0 radical (unpaired) electrons. The van der Waals surface area contributed by atoms with Crippen LogP contribution in [0.3, 0.4) is 0 Å². The molecule has 0 N–H and O–H groups in total. The maximum Gasteiger partial charge on any atom is 0.229 e. The largest absolute Gasteiger partial charge is 0.302 e. The van der Waals surface area contributed by atoms with Crippen LogP contribution >= 0.6 is 47.1 Å². The third kappa shape index (κ3) is 7.57. The average Bonchev–Trinajstić information content (AvgIpc) is 3.21. The summed E-state index contributed by atoms with van der Waals surface area (Å²) >= 11 is 8.90. The van der Waals surface area contributed by atoms with E-state index in [-0.39, 0.29) is 23.2 Å². The van der Waals surface area contributed by atoms with Crippen molar-refractivity contribution in [3.05, 3.63) is 47.5 Å². The Kier molecular flexibility index (Phi) is 11.1. The molecule has 11 heteroatoms. The van der Waals surface area contributed by atoms with Gasteiger partial charge in [0.15, 0.2) is 15.0 Å². The number of para-hydroxylation sites is 1. The number of aromatic nitrogens is 1. The Labute approximate surface area is 221 Å². The first-order valence-corrected chi connectivity index (χ1v) is 14.8. The number of benzene rings is 2. The Morgan fingerprint density at radius 1 is 1.09 bits per heavy atom. The number of anilines is 1. The van der Waals surface area contributed by atoms with E-state index in [1.165, 1.54) is 17.6 Å². The Bertz CT molecular complexity index is 1200. The molecule has 6 nitrogen and oxygen atoms in total. The number of fused-ring (bicyclic) bond motifs is 1. The van der Waals surface area contributed by atoms with E-state index in [9.17, 15) is 13.2 Å². The average molecular weight is 563 g/mol. The monoisotopic (exact) mass is 561 g/mol. The molecule has 1 heterocycles. The van der Waals surface area contributed by atoms with Crippen LogP contribution in [0.1, 0.15) is 20.3 Å². The van der Waals surface area contributed by atoms with Crippen molar-refractivity contribution in [2.45, 2.75) is 30.1 Å². The van der Waals surface area contributed by atoms with Gasteiger partial charge in [-0.15, -0.1) is 24.2 Å². The van der Waals surface area contributed by atoms with Gasteiger partial charge in [0.05, 0.1) is 9.60 Å². The lowest BCUT2D eigenvalue weighted by atomic mass is 10.3. The number of nitrogens with zero attached hydrogens (tertiary/aromatic N) is 3. The van der Waals surface area contributed by atoms with Crippen LogP contribution in [0.15, 0.2) is 52.3 Å². The number of thioether (sulfide) groups is 1. The summed E-state index contributed by atoms with van der Waals surface area (Å²) in [4.78, 5) is 23.1. The SMILES string of the molecule is CCN(CC)CCN(C(=O)CCSc1ccc(Cl)cc1)c1nc2c(S(C)(=O)=O)cccc2s1.Cl. The lowest BCUT2D eigenvalue weighted by molar-refractivity contribution is -0.118. The van der Waals surface area contributed by atoms with Crippen LogP contribution in [0.2, 0.25) is 5.02 Å². The first-order chi connectivity index (χ1) is 15.7. The lowest BCUT2D eigenvalue weighted by Gasteiger charge is -2.24. The van der Waals surface area contributed by atoms with Gasteiger partial charge in [-0.2, -0.15) is 0 Å². The molecule has 0 aliphatic carbocycles. The number of rotatable bonds is 11. The summed E-state index contributed by atoms with van der Waals surface area (Å²) in [5.74, 6) is 0.602. The number of likely N-dealkylation sites (N-methyl/N-ethyl adjacent to an activating group) is 1. The summed E-state index contributed by atoms with van der Waals surface area (Å²) in [6.45, 7) is 7.19. The van der Waals surface area contributed by atoms with Crippen molar-refractivity contribution in [1.82, 2.24) is 9.88 Å². The Balaban J connectivity index is 0.00000408. The molecule has 0 spiro atoms. The molecule has 2 aromatic carbocycles. The predicted octanol–water partition coefficient (Wildman–Crippen LogP) is 5.63. The Morgan fingerprint density at radius 3 is 2.38 bits per heavy atom. The highest BCUT2D eigenvalue weighted by atomic mass is 35.5. The molecule has 0 saturated heterocycles. The number of carbonyl (C=O) groups excluding carboxylic acids is 1. The standard InChI is InChI=1S/C23H28ClN3O3S3.ClH/c1-4-26(5-2)14-15-27(21(28)13-16-31-18-11-9-17(24)10-12-18)23-25-22-19(32-23)7-6-8-20(22)33(3,29)30;/h6-12H,4-5,13-16H2,1-3H3;1H. The second-order valence-corrected chi connectivity index (χ2v) is 12.1. The van der Waals surface area contributed by atoms with E-state index in [1.54, 1.807) is 28.8 Å². The van der Waals surface area contributed by atoms with E-state index < -0.39 is 9.84 Å². The van der Waals surface area contributed by atoms with Crippen molar-refractivity contribution in [2.75, 3.05) is 43.1 Å². The number of thiazole rings is 1. The van der Waals surface area contributed by atoms with Crippen LogP contribution in [-0.2, 0) is 14.6 Å². The van der Waals surface area contributed by atoms with E-state index in [0.29, 0.717) is 34.4 Å². The summed E-state index contributed by atoms with van der Waals surface area (Å²) in [5, 5.41) is 1.22. The summed E-state index contributed by atoms with van der Waals surface area (Å²) in [6, 6.07) is 12.7. The van der Waals surface area contributed by atoms with Crippen LogP contribution < -0.4 is 4.90 Å². The summed E-state index contributed by atoms with van der Waals surface area (Å²) in [6.07, 6.45) is 1.53. The Hall–Kier alpha value is -1.36. The number of hydrogen-bond acceptors (Lipinski definition) is 7. The first kappa shape index (κ1) is 28.9. The molecule has 0 atom stereocenters. The maximum absolute atomic E-state index is 13.3. The minimum atomic E-state index is -3.42. The van der Waals surface area contributed by atoms with E-state index in [0.717, 1.165) is 29.2 Å². The van der Waals surface area contributed by atoms with Gasteiger partial charge in [0.1, 0.15) is 5.52 Å². The normalized spacial score (nSPS) is 11.6. The third-order valence-corrected chi connectivity index (χ3v) is 8.67. The molecule has 0 saturated carbocycles. The molecule has 0 bridgehead atoms. The fourth-order valence-corrected chi connectivity index (χ4v) is 6.26. The van der Waals surface area contributed by atoms with E-state index in [4.69, 9.17) is 11.6 Å². The minimum Gasteiger partial charge on any atom is -0.302 e. The molecule has 186 valence electrons. The topological polar surface area (TPSA) is 70.6 Å². The van der Waals surface area contributed by atoms with Crippen molar-refractivity contribution in [1.29, 1.82) is 0 Å². The van der Waals surface area contributed by atoms with Gasteiger partial charge in [-0.3, -0.25) is 9.69 Å². The summed E-state index contributed by atoms with van der Waals surface area (Å²) < 4.78 is 25.2. The molecule has 0 aliphatic rings. The zero-order valence-corrected chi connectivity index (χ0v) is 23.4. The van der Waals surface area contributed by atoms with Gasteiger partial charge in [-0.25, -0.2) is 13.4 Å². The highest BCUT2D eigenvalue weighted by molar-refractivity contribution is 7.99. The molecule has 0 aliphatic heterocycles. The molecule has 1 amide bonds. The van der Waals surface area contributed by atoms with Gasteiger partial charge in [0, 0.05) is 41.4 Å². The predicted molar refractivity (Wildman–Crippen MR) is 147 cm³/mol. The van der Waals surface area contributed by atoms with Crippen molar-refractivity contribution in [2.24, 2.45) is 0 Å². The van der Waals surface area contributed by atoms with Gasteiger partial charge >= 0.3 is 0 Å². The van der Waals surface area contributed by atoms with Crippen LogP contribution in [-0.4, -0.2) is 62.4 Å². The fraction of sp³-hybridized carbons (Fsp3) is 0.391. The highest BCUT2D eigenvalue weighted by Crippen LogP contribution is 2.33. The van der Waals surface area contributed by atoms with Crippen LogP contribution in [0, 0.1) is 0 Å². The van der Waals surface area contributed by atoms with Crippen molar-refractivity contribution < 1.29 is 13.2 Å². The van der Waals surface area contributed by atoms with Gasteiger partial charge in [0.2, 0.25) is 5.91 Å². The van der Waals surface area contributed by atoms with Gasteiger partial charge in [-0.1, -0.05) is 42.9 Å². The van der Waals surface area contributed by atoms with Crippen molar-refractivity contribution in [3.8, 4) is 0 Å². The van der Waals surface area contributed by atoms with Gasteiger partial charge in [0.25, 0.3) is 0 Å². The first-order valence-electron chi connectivity index (χ1n) is 10.7. The van der Waals surface area contributed by atoms with Gasteiger partial charge in [-0.05, 0) is 49.5 Å². The van der Waals surface area contributed by atoms with Crippen molar-refractivity contribution in [3.63, 3.8) is 0 Å². The molecule has 34 heavy (non-hydrogen) atoms. The third-order valence-electron chi connectivity index (χ3n) is 5.23. The van der Waals surface area contributed by atoms with E-state index >= 15 is 0 Å². The molecule has 3 aromatic rings. The Morgan fingerprint density at radius 2 is 1.76 bits per heavy atom. The van der Waals surface area contributed by atoms with Crippen LogP contribution in [0.5, 0.6) is 0 Å². The number of amides is 1. The molecule has 0 fully saturated rings. The highest BCUT2D eigenvalue weighted by Gasteiger charge is 2.23. The molecule has 0 unspecified atom stereocenters. The smallest absolute Gasteiger partial charge is 0.229 e. The fourth-order valence-electron chi connectivity index (χ4n) is 3.36. The maximum atomic E-state index is 13.3. The number of sulfone groups is 1. The second-order valence-electron chi connectivity index (χ2n) is 7.50. The summed E-state index contributed by atoms with van der Waals surface area (Å²) in [5.41, 5.74) is 0.427. The number of halogens is 2. The lowest BCUT2D eigenvalue weighted by Crippen LogP contribution is -2.39. The molecular weight excluding hydrogens is 533 g/mol. The number of carbonyl (C=O) groups is 1. The molecule has 3 rings (SSSR count). The number of hydrogen-bond donors (Lipinski definition) is 0. The molecule has 1 aromatic heterocycles. The molecular formula is C23H29Cl2N3O3S3. The zero-order chi connectivity index (χ0) is 24.0. The quantitative estimate of drug-likeness (QED) is 0.282. The minimum absolute atomic E-state index is 0. The van der Waals surface area contributed by atoms with E-state index in [2.05, 4.69) is 23.7 Å². The van der Waals surface area contributed by atoms with Crippen molar-refractivity contribution >= 4 is 78.2 Å². The van der Waals surface area contributed by atoms with E-state index in [1.807, 2.05) is 30.3 Å². The van der Waals surface area contributed by atoms with Crippen LogP contribution in [0.4, 0.5) is 5.13 Å². The van der Waals surface area contributed by atoms with Gasteiger partial charge < -0.3 is 4.90 Å². The zero-order valence-electron chi connectivity index (χ0n) is 19.4. The summed E-state index contributed by atoms with van der Waals surface area (Å²) in [7, 11) is -3.42. The second kappa shape index (κ2) is 13.1.